The summed E-state index contributed by atoms with van der Waals surface area (Å²) in [4.78, 5) is 17.8. The Labute approximate surface area is 152 Å². The van der Waals surface area contributed by atoms with E-state index in [9.17, 15) is 4.79 Å². The number of ether oxygens (including phenoxy) is 2. The maximum absolute atomic E-state index is 12.2. The predicted molar refractivity (Wildman–Crippen MR) is 101 cm³/mol. The van der Waals surface area contributed by atoms with E-state index in [1.165, 1.54) is 4.90 Å². The molecule has 3 rings (SSSR count). The molecular formula is C21H20N2O3. The number of hydrogen-bond donors (Lipinski definition) is 0. The number of nitrogens with zero attached hydrogens (tertiary/aromatic N) is 2. The summed E-state index contributed by atoms with van der Waals surface area (Å²) in [6.45, 7) is 0.535. The van der Waals surface area contributed by atoms with E-state index in [1.54, 1.807) is 25.4 Å². The van der Waals surface area contributed by atoms with Crippen molar-refractivity contribution < 1.29 is 14.3 Å². The molecule has 0 aliphatic heterocycles. The molecule has 0 saturated carbocycles. The van der Waals surface area contributed by atoms with Gasteiger partial charge in [-0.2, -0.15) is 0 Å². The standard InChI is InChI=1S/C21H20N2O3/c1-23(18-7-3-2-4-8-18)21(24)26-19-12-10-17(11-13-19)14-16-25-20-9-5-6-15-22-20/h2-13,15H,14,16H2,1H3. The third kappa shape index (κ3) is 4.83. The lowest BCUT2D eigenvalue weighted by molar-refractivity contribution is 0.209. The lowest BCUT2D eigenvalue weighted by atomic mass is 10.1. The summed E-state index contributed by atoms with van der Waals surface area (Å²) in [5, 5.41) is 0. The molecule has 26 heavy (non-hydrogen) atoms. The molecule has 0 aliphatic rings. The van der Waals surface area contributed by atoms with Gasteiger partial charge >= 0.3 is 6.09 Å². The number of carbonyl (C=O) groups excluding carboxylic acids is 1. The van der Waals surface area contributed by atoms with E-state index < -0.39 is 6.09 Å². The van der Waals surface area contributed by atoms with Gasteiger partial charge in [-0.05, 0) is 35.9 Å². The van der Waals surface area contributed by atoms with Crippen LogP contribution in [-0.2, 0) is 6.42 Å². The number of pyridine rings is 1. The van der Waals surface area contributed by atoms with Crippen molar-refractivity contribution in [3.05, 3.63) is 84.6 Å². The minimum absolute atomic E-state index is 0.428. The molecule has 0 spiro atoms. The summed E-state index contributed by atoms with van der Waals surface area (Å²) in [5.41, 5.74) is 1.87. The van der Waals surface area contributed by atoms with Crippen LogP contribution in [-0.4, -0.2) is 24.7 Å². The zero-order valence-electron chi connectivity index (χ0n) is 14.5. The number of anilines is 1. The van der Waals surface area contributed by atoms with Crippen LogP contribution in [0.4, 0.5) is 10.5 Å². The number of rotatable bonds is 6. The van der Waals surface area contributed by atoms with Crippen LogP contribution in [0.2, 0.25) is 0 Å². The number of carbonyl (C=O) groups is 1. The Kier molecular flexibility index (Phi) is 5.83. The Bertz CT molecular complexity index is 821. The van der Waals surface area contributed by atoms with Gasteiger partial charge in [-0.15, -0.1) is 0 Å². The fourth-order valence-corrected chi connectivity index (χ4v) is 2.36. The Morgan fingerprint density at radius 1 is 0.962 bits per heavy atom. The molecule has 3 aromatic rings. The van der Waals surface area contributed by atoms with Gasteiger partial charge in [0.2, 0.25) is 5.88 Å². The zero-order chi connectivity index (χ0) is 18.2. The third-order valence-corrected chi connectivity index (χ3v) is 3.82. The van der Waals surface area contributed by atoms with Crippen molar-refractivity contribution in [2.75, 3.05) is 18.6 Å². The van der Waals surface area contributed by atoms with Crippen LogP contribution in [0.25, 0.3) is 0 Å². The molecule has 0 fully saturated rings. The fraction of sp³-hybridized carbons (Fsp3) is 0.143. The van der Waals surface area contributed by atoms with Gasteiger partial charge in [0.15, 0.2) is 0 Å². The number of aromatic nitrogens is 1. The highest BCUT2D eigenvalue weighted by molar-refractivity contribution is 5.88. The second-order valence-corrected chi connectivity index (χ2v) is 5.67. The number of para-hydroxylation sites is 1. The van der Waals surface area contributed by atoms with Gasteiger partial charge in [-0.25, -0.2) is 9.78 Å². The maximum Gasteiger partial charge on any atom is 0.419 e. The topological polar surface area (TPSA) is 51.7 Å². The molecule has 0 aliphatic carbocycles. The van der Waals surface area contributed by atoms with Crippen LogP contribution in [0.1, 0.15) is 5.56 Å². The first-order chi connectivity index (χ1) is 12.7. The normalized spacial score (nSPS) is 10.2. The Balaban J connectivity index is 1.50. The minimum Gasteiger partial charge on any atom is -0.477 e. The van der Waals surface area contributed by atoms with E-state index >= 15 is 0 Å². The van der Waals surface area contributed by atoms with E-state index in [-0.39, 0.29) is 0 Å². The molecule has 1 aromatic heterocycles. The van der Waals surface area contributed by atoms with Crippen LogP contribution in [0.5, 0.6) is 11.6 Å². The average molecular weight is 348 g/mol. The molecule has 0 N–H and O–H groups in total. The van der Waals surface area contributed by atoms with Gasteiger partial charge in [0.1, 0.15) is 5.75 Å². The molecular weight excluding hydrogens is 328 g/mol. The molecule has 0 unspecified atom stereocenters. The van der Waals surface area contributed by atoms with Gasteiger partial charge in [0.05, 0.1) is 6.61 Å². The SMILES string of the molecule is CN(C(=O)Oc1ccc(CCOc2ccccn2)cc1)c1ccccc1. The number of amides is 1. The second kappa shape index (κ2) is 8.67. The lowest BCUT2D eigenvalue weighted by Crippen LogP contribution is -2.29. The summed E-state index contributed by atoms with van der Waals surface area (Å²) in [6, 6.07) is 22.3. The van der Waals surface area contributed by atoms with Gasteiger partial charge in [-0.3, -0.25) is 4.90 Å². The molecule has 1 heterocycles. The van der Waals surface area contributed by atoms with E-state index in [0.29, 0.717) is 18.2 Å². The van der Waals surface area contributed by atoms with Gasteiger partial charge in [0, 0.05) is 31.4 Å². The minimum atomic E-state index is -0.428. The monoisotopic (exact) mass is 348 g/mol. The fourth-order valence-electron chi connectivity index (χ4n) is 2.36. The molecule has 0 saturated heterocycles. The van der Waals surface area contributed by atoms with Crippen molar-refractivity contribution in [3.8, 4) is 11.6 Å². The first-order valence-electron chi connectivity index (χ1n) is 8.36. The smallest absolute Gasteiger partial charge is 0.419 e. The van der Waals surface area contributed by atoms with E-state index in [0.717, 1.165) is 17.7 Å². The summed E-state index contributed by atoms with van der Waals surface area (Å²) < 4.78 is 11.0. The maximum atomic E-state index is 12.2. The van der Waals surface area contributed by atoms with Crippen LogP contribution < -0.4 is 14.4 Å². The van der Waals surface area contributed by atoms with Gasteiger partial charge < -0.3 is 9.47 Å². The molecule has 5 heteroatoms. The molecule has 132 valence electrons. The molecule has 5 nitrogen and oxygen atoms in total. The van der Waals surface area contributed by atoms with E-state index in [4.69, 9.17) is 9.47 Å². The molecule has 0 bridgehead atoms. The Morgan fingerprint density at radius 2 is 1.69 bits per heavy atom. The summed E-state index contributed by atoms with van der Waals surface area (Å²) >= 11 is 0. The molecule has 0 radical (unpaired) electrons. The number of hydrogen-bond acceptors (Lipinski definition) is 4. The zero-order valence-corrected chi connectivity index (χ0v) is 14.5. The average Bonchev–Trinajstić information content (AvgIpc) is 2.70. The van der Waals surface area contributed by atoms with E-state index in [1.807, 2.05) is 60.7 Å². The van der Waals surface area contributed by atoms with Crippen molar-refractivity contribution >= 4 is 11.8 Å². The molecule has 0 atom stereocenters. The quantitative estimate of drug-likeness (QED) is 0.665. The third-order valence-electron chi connectivity index (χ3n) is 3.82. The van der Waals surface area contributed by atoms with Crippen LogP contribution >= 0.6 is 0 Å². The Hall–Kier alpha value is -3.34. The van der Waals surface area contributed by atoms with E-state index in [2.05, 4.69) is 4.98 Å². The predicted octanol–water partition coefficient (Wildman–Crippen LogP) is 4.34. The Morgan fingerprint density at radius 3 is 2.38 bits per heavy atom. The van der Waals surface area contributed by atoms with Crippen molar-refractivity contribution in [2.24, 2.45) is 0 Å². The highest BCUT2D eigenvalue weighted by atomic mass is 16.6. The van der Waals surface area contributed by atoms with Gasteiger partial charge in [-0.1, -0.05) is 36.4 Å². The highest BCUT2D eigenvalue weighted by Crippen LogP contribution is 2.17. The first kappa shape index (κ1) is 17.5. The summed E-state index contributed by atoms with van der Waals surface area (Å²) in [5.74, 6) is 1.12. The summed E-state index contributed by atoms with van der Waals surface area (Å²) in [7, 11) is 1.68. The lowest BCUT2D eigenvalue weighted by Gasteiger charge is -2.16. The van der Waals surface area contributed by atoms with Crippen molar-refractivity contribution in [2.45, 2.75) is 6.42 Å². The number of benzene rings is 2. The summed E-state index contributed by atoms with van der Waals surface area (Å²) in [6.07, 6.45) is 2.02. The van der Waals surface area contributed by atoms with Crippen molar-refractivity contribution in [3.63, 3.8) is 0 Å². The highest BCUT2D eigenvalue weighted by Gasteiger charge is 2.12. The van der Waals surface area contributed by atoms with Crippen molar-refractivity contribution in [1.29, 1.82) is 0 Å². The van der Waals surface area contributed by atoms with Crippen LogP contribution in [0, 0.1) is 0 Å². The van der Waals surface area contributed by atoms with Gasteiger partial charge in [0.25, 0.3) is 0 Å². The van der Waals surface area contributed by atoms with Crippen LogP contribution in [0.3, 0.4) is 0 Å². The molecule has 2 aromatic carbocycles. The largest absolute Gasteiger partial charge is 0.477 e. The second-order valence-electron chi connectivity index (χ2n) is 5.67. The van der Waals surface area contributed by atoms with Crippen molar-refractivity contribution in [1.82, 2.24) is 4.98 Å². The van der Waals surface area contributed by atoms with Crippen LogP contribution in [0.15, 0.2) is 79.0 Å². The molecule has 1 amide bonds. The first-order valence-corrected chi connectivity index (χ1v) is 8.36.